The third-order valence-corrected chi connectivity index (χ3v) is 6.72. The lowest BCUT2D eigenvalue weighted by Crippen LogP contribution is -2.20. The molecule has 0 saturated carbocycles. The summed E-state index contributed by atoms with van der Waals surface area (Å²) < 4.78 is 17.2. The van der Waals surface area contributed by atoms with Crippen LogP contribution in [0.15, 0.2) is 103 Å². The van der Waals surface area contributed by atoms with Crippen LogP contribution in [-0.4, -0.2) is 25.7 Å². The van der Waals surface area contributed by atoms with Crippen LogP contribution in [0.1, 0.15) is 66.6 Å². The molecule has 0 aliphatic rings. The molecule has 0 aliphatic carbocycles. The van der Waals surface area contributed by atoms with E-state index in [9.17, 15) is 9.59 Å². The van der Waals surface area contributed by atoms with Gasteiger partial charge in [0.05, 0.1) is 13.7 Å². The summed E-state index contributed by atoms with van der Waals surface area (Å²) in [6.45, 7) is 2.88. The van der Waals surface area contributed by atoms with Crippen molar-refractivity contribution >= 4 is 23.4 Å². The van der Waals surface area contributed by atoms with Crippen molar-refractivity contribution in [3.8, 4) is 11.5 Å². The van der Waals surface area contributed by atoms with Gasteiger partial charge in [-0.3, -0.25) is 0 Å². The minimum absolute atomic E-state index is 0.198. The predicted octanol–water partition coefficient (Wildman–Crippen LogP) is 8.63. The number of ether oxygens (including phenoxy) is 3. The molecule has 0 unspecified atom stereocenters. The zero-order valence-electron chi connectivity index (χ0n) is 24.2. The summed E-state index contributed by atoms with van der Waals surface area (Å²) >= 11 is 0. The van der Waals surface area contributed by atoms with Crippen LogP contribution in [0.5, 0.6) is 11.5 Å². The first-order chi connectivity index (χ1) is 20.6. The summed E-state index contributed by atoms with van der Waals surface area (Å²) in [5, 5.41) is 5.59. The van der Waals surface area contributed by atoms with Crippen molar-refractivity contribution in [3.05, 3.63) is 120 Å². The Morgan fingerprint density at radius 2 is 1.31 bits per heavy atom. The largest absolute Gasteiger partial charge is 0.494 e. The summed E-state index contributed by atoms with van der Waals surface area (Å²) in [6.07, 6.45) is 5.45. The summed E-state index contributed by atoms with van der Waals surface area (Å²) in [6, 6.07) is 31.2. The molecule has 0 bridgehead atoms. The Balaban J connectivity index is 1.41. The second-order valence-corrected chi connectivity index (χ2v) is 9.89. The van der Waals surface area contributed by atoms with E-state index in [4.69, 9.17) is 14.2 Å². The van der Waals surface area contributed by atoms with E-state index in [0.29, 0.717) is 23.7 Å². The molecule has 2 amide bonds. The van der Waals surface area contributed by atoms with E-state index in [1.165, 1.54) is 32.8 Å². The quantitative estimate of drug-likeness (QED) is 0.118. The molecule has 4 aromatic rings. The van der Waals surface area contributed by atoms with Gasteiger partial charge < -0.3 is 24.8 Å². The van der Waals surface area contributed by atoms with Gasteiger partial charge in [0, 0.05) is 11.4 Å². The average Bonchev–Trinajstić information content (AvgIpc) is 3.03. The summed E-state index contributed by atoms with van der Waals surface area (Å²) in [4.78, 5) is 25.5. The Kier molecular flexibility index (Phi) is 11.4. The number of amides is 2. The molecule has 42 heavy (non-hydrogen) atoms. The molecule has 0 saturated heterocycles. The molecular weight excluding hydrogens is 528 g/mol. The molecule has 4 aromatic carbocycles. The van der Waals surface area contributed by atoms with Crippen LogP contribution < -0.4 is 20.1 Å². The number of unbranched alkanes of at least 4 members (excludes halogenated alkanes) is 4. The second-order valence-electron chi connectivity index (χ2n) is 9.89. The number of rotatable bonds is 14. The fourth-order valence-corrected chi connectivity index (χ4v) is 4.51. The number of methoxy groups -OCH3 is 1. The highest BCUT2D eigenvalue weighted by Gasteiger charge is 2.21. The number of nitrogens with one attached hydrogen (secondary N) is 2. The van der Waals surface area contributed by atoms with Gasteiger partial charge >= 0.3 is 12.0 Å². The Hall–Kier alpha value is -4.78. The molecule has 4 rings (SSSR count). The maximum atomic E-state index is 12.7. The number of urea groups is 1. The van der Waals surface area contributed by atoms with Crippen molar-refractivity contribution in [1.82, 2.24) is 0 Å². The van der Waals surface area contributed by atoms with Gasteiger partial charge in [0.2, 0.25) is 0 Å². The monoisotopic (exact) mass is 566 g/mol. The Labute approximate surface area is 247 Å². The van der Waals surface area contributed by atoms with Crippen LogP contribution in [0.3, 0.4) is 0 Å². The standard InChI is InChI=1S/C35H38N2O5/c1-3-4-5-6-13-24-41-30-21-18-28(19-22-30)36-35(39)37-29-20-23-32(31(25-29)34(38)40-2)42-33(26-14-9-7-10-15-26)27-16-11-8-12-17-27/h7-12,14-23,25,33H,3-6,13,24H2,1-2H3,(H2,36,37,39). The minimum Gasteiger partial charge on any atom is -0.494 e. The maximum absolute atomic E-state index is 12.7. The van der Waals surface area contributed by atoms with Gasteiger partial charge in [-0.2, -0.15) is 0 Å². The molecule has 0 spiro atoms. The lowest BCUT2D eigenvalue weighted by atomic mass is 10.0. The molecule has 2 N–H and O–H groups in total. The number of anilines is 2. The predicted molar refractivity (Wildman–Crippen MR) is 166 cm³/mol. The van der Waals surface area contributed by atoms with Gasteiger partial charge in [0.15, 0.2) is 0 Å². The van der Waals surface area contributed by atoms with Crippen molar-refractivity contribution in [2.75, 3.05) is 24.4 Å². The summed E-state index contributed by atoms with van der Waals surface area (Å²) in [5.41, 5.74) is 3.10. The van der Waals surface area contributed by atoms with Gasteiger partial charge in [-0.25, -0.2) is 9.59 Å². The maximum Gasteiger partial charge on any atom is 0.341 e. The van der Waals surface area contributed by atoms with Crippen LogP contribution in [0.2, 0.25) is 0 Å². The van der Waals surface area contributed by atoms with Crippen molar-refractivity contribution in [1.29, 1.82) is 0 Å². The van der Waals surface area contributed by atoms with Crippen molar-refractivity contribution in [2.24, 2.45) is 0 Å². The molecule has 0 aromatic heterocycles. The topological polar surface area (TPSA) is 85.9 Å². The Morgan fingerprint density at radius 1 is 0.714 bits per heavy atom. The highest BCUT2D eigenvalue weighted by molar-refractivity contribution is 6.01. The van der Waals surface area contributed by atoms with Crippen LogP contribution in [0, 0.1) is 0 Å². The van der Waals surface area contributed by atoms with Crippen LogP contribution >= 0.6 is 0 Å². The SMILES string of the molecule is CCCCCCCOc1ccc(NC(=O)Nc2ccc(OC(c3ccccc3)c3ccccc3)c(C(=O)OC)c2)cc1. The van der Waals surface area contributed by atoms with E-state index >= 15 is 0 Å². The van der Waals surface area contributed by atoms with E-state index in [0.717, 1.165) is 23.3 Å². The normalized spacial score (nSPS) is 10.6. The fourth-order valence-electron chi connectivity index (χ4n) is 4.51. The van der Waals surface area contributed by atoms with Crippen LogP contribution in [0.4, 0.5) is 16.2 Å². The Bertz CT molecular complexity index is 1370. The van der Waals surface area contributed by atoms with E-state index < -0.39 is 18.1 Å². The van der Waals surface area contributed by atoms with Crippen molar-refractivity contribution in [3.63, 3.8) is 0 Å². The first-order valence-electron chi connectivity index (χ1n) is 14.4. The zero-order chi connectivity index (χ0) is 29.6. The van der Waals surface area contributed by atoms with Gasteiger partial charge in [-0.15, -0.1) is 0 Å². The van der Waals surface area contributed by atoms with E-state index in [-0.39, 0.29) is 5.56 Å². The zero-order valence-corrected chi connectivity index (χ0v) is 24.2. The summed E-state index contributed by atoms with van der Waals surface area (Å²) in [5.74, 6) is 0.528. The number of benzene rings is 4. The average molecular weight is 567 g/mol. The third kappa shape index (κ3) is 8.86. The number of carbonyl (C=O) groups is 2. The number of hydrogen-bond acceptors (Lipinski definition) is 5. The fraction of sp³-hybridized carbons (Fsp3) is 0.257. The molecule has 7 heteroatoms. The van der Waals surface area contributed by atoms with Gasteiger partial charge in [-0.1, -0.05) is 93.3 Å². The van der Waals surface area contributed by atoms with Crippen LogP contribution in [-0.2, 0) is 4.74 Å². The van der Waals surface area contributed by atoms with Gasteiger partial charge in [0.1, 0.15) is 23.2 Å². The highest BCUT2D eigenvalue weighted by Crippen LogP contribution is 2.32. The molecule has 0 fully saturated rings. The van der Waals surface area contributed by atoms with Crippen molar-refractivity contribution < 1.29 is 23.8 Å². The number of carbonyl (C=O) groups excluding carboxylic acids is 2. The minimum atomic E-state index is -0.574. The van der Waals surface area contributed by atoms with Crippen LogP contribution in [0.25, 0.3) is 0 Å². The van der Waals surface area contributed by atoms with Crippen molar-refractivity contribution in [2.45, 2.75) is 45.1 Å². The van der Waals surface area contributed by atoms with E-state index in [1.54, 1.807) is 30.3 Å². The third-order valence-electron chi connectivity index (χ3n) is 6.72. The molecule has 7 nitrogen and oxygen atoms in total. The molecule has 0 radical (unpaired) electrons. The number of esters is 1. The summed E-state index contributed by atoms with van der Waals surface area (Å²) in [7, 11) is 1.31. The highest BCUT2D eigenvalue weighted by atomic mass is 16.5. The first-order valence-corrected chi connectivity index (χ1v) is 14.4. The molecule has 0 heterocycles. The van der Waals surface area contributed by atoms with Gasteiger partial charge in [0.25, 0.3) is 0 Å². The number of hydrogen-bond donors (Lipinski definition) is 2. The second kappa shape index (κ2) is 15.9. The Morgan fingerprint density at radius 3 is 1.93 bits per heavy atom. The lowest BCUT2D eigenvalue weighted by Gasteiger charge is -2.22. The molecular formula is C35H38N2O5. The molecule has 0 atom stereocenters. The molecule has 0 aliphatic heterocycles. The van der Waals surface area contributed by atoms with E-state index in [2.05, 4.69) is 17.6 Å². The lowest BCUT2D eigenvalue weighted by molar-refractivity contribution is 0.0594. The smallest absolute Gasteiger partial charge is 0.341 e. The van der Waals surface area contributed by atoms with Gasteiger partial charge in [-0.05, 0) is 60.0 Å². The molecule has 218 valence electrons. The van der Waals surface area contributed by atoms with E-state index in [1.807, 2.05) is 72.8 Å². The first kappa shape index (κ1) is 30.2.